The highest BCUT2D eigenvalue weighted by Crippen LogP contribution is 2.33. The topological polar surface area (TPSA) is 21.3 Å². The Balaban J connectivity index is 2.60. The minimum absolute atomic E-state index is 0.315. The normalized spacial score (nSPS) is 10.5. The van der Waals surface area contributed by atoms with E-state index in [1.54, 1.807) is 19.2 Å². The molecule has 2 nitrogen and oxygen atoms in total. The van der Waals surface area contributed by atoms with E-state index in [0.717, 1.165) is 11.1 Å². The molecule has 0 spiro atoms. The average molecular weight is 263 g/mol. The summed E-state index contributed by atoms with van der Waals surface area (Å²) in [6, 6.07) is 8.74. The van der Waals surface area contributed by atoms with Crippen LogP contribution >= 0.6 is 0 Å². The number of benzene rings is 2. The summed E-state index contributed by atoms with van der Waals surface area (Å²) in [6.07, 6.45) is 0. The molecule has 2 aromatic rings. The summed E-state index contributed by atoms with van der Waals surface area (Å²) in [7, 11) is 3.30. The van der Waals surface area contributed by atoms with Gasteiger partial charge in [-0.2, -0.15) is 0 Å². The van der Waals surface area contributed by atoms with Gasteiger partial charge in [0.25, 0.3) is 0 Å². The lowest BCUT2D eigenvalue weighted by Crippen LogP contribution is -2.07. The van der Waals surface area contributed by atoms with E-state index in [0.29, 0.717) is 17.9 Å². The molecule has 0 bridgehead atoms. The van der Waals surface area contributed by atoms with E-state index in [1.807, 2.05) is 0 Å². The molecule has 0 aliphatic rings. The maximum atomic E-state index is 13.4. The van der Waals surface area contributed by atoms with Gasteiger partial charge in [0.1, 0.15) is 17.4 Å². The summed E-state index contributed by atoms with van der Waals surface area (Å²) in [5.74, 6) is -0.106. The molecule has 2 aromatic carbocycles. The van der Waals surface area contributed by atoms with E-state index in [9.17, 15) is 8.78 Å². The van der Waals surface area contributed by atoms with Gasteiger partial charge in [0.05, 0.1) is 7.11 Å². The largest absolute Gasteiger partial charge is 0.496 e. The molecule has 0 atom stereocenters. The molecule has 0 aliphatic heterocycles. The fraction of sp³-hybridized carbons (Fsp3) is 0.200. The van der Waals surface area contributed by atoms with Crippen LogP contribution < -0.4 is 10.1 Å². The first-order valence-corrected chi connectivity index (χ1v) is 5.92. The standard InChI is InChI=1S/C15H15F2NO/c1-18-9-10-7-11(16)3-5-13(10)14-8-12(17)4-6-15(14)19-2/h3-8,18H,9H2,1-2H3. The molecule has 2 rings (SSSR count). The molecule has 0 amide bonds. The fourth-order valence-electron chi connectivity index (χ4n) is 2.05. The van der Waals surface area contributed by atoms with Crippen LogP contribution in [0.3, 0.4) is 0 Å². The van der Waals surface area contributed by atoms with Gasteiger partial charge in [-0.15, -0.1) is 0 Å². The van der Waals surface area contributed by atoms with Crippen LogP contribution in [0.15, 0.2) is 36.4 Å². The molecule has 0 heterocycles. The van der Waals surface area contributed by atoms with E-state index in [-0.39, 0.29) is 11.6 Å². The third-order valence-corrected chi connectivity index (χ3v) is 2.89. The summed E-state index contributed by atoms with van der Waals surface area (Å²) >= 11 is 0. The minimum atomic E-state index is -0.351. The molecular formula is C15H15F2NO. The summed E-state index contributed by atoms with van der Waals surface area (Å²) in [5, 5.41) is 2.97. The molecule has 1 N–H and O–H groups in total. The molecular weight excluding hydrogens is 248 g/mol. The van der Waals surface area contributed by atoms with Crippen LogP contribution in [-0.2, 0) is 6.54 Å². The third kappa shape index (κ3) is 2.90. The Morgan fingerprint density at radius 1 is 1.00 bits per heavy atom. The first-order chi connectivity index (χ1) is 9.15. The van der Waals surface area contributed by atoms with E-state index in [1.165, 1.54) is 31.4 Å². The zero-order chi connectivity index (χ0) is 13.8. The first-order valence-electron chi connectivity index (χ1n) is 5.92. The lowest BCUT2D eigenvalue weighted by molar-refractivity contribution is 0.415. The van der Waals surface area contributed by atoms with Crippen LogP contribution in [0, 0.1) is 11.6 Å². The molecule has 0 saturated heterocycles. The quantitative estimate of drug-likeness (QED) is 0.913. The zero-order valence-corrected chi connectivity index (χ0v) is 10.8. The average Bonchev–Trinajstić information content (AvgIpc) is 2.39. The maximum Gasteiger partial charge on any atom is 0.126 e. The molecule has 19 heavy (non-hydrogen) atoms. The van der Waals surface area contributed by atoms with Crippen LogP contribution in [-0.4, -0.2) is 14.2 Å². The second-order valence-electron chi connectivity index (χ2n) is 4.18. The lowest BCUT2D eigenvalue weighted by atomic mass is 9.98. The molecule has 0 fully saturated rings. The highest BCUT2D eigenvalue weighted by Gasteiger charge is 2.12. The zero-order valence-electron chi connectivity index (χ0n) is 10.8. The van der Waals surface area contributed by atoms with Crippen molar-refractivity contribution in [1.82, 2.24) is 5.32 Å². The van der Waals surface area contributed by atoms with Crippen LogP contribution in [0.1, 0.15) is 5.56 Å². The Labute approximate surface area is 111 Å². The number of halogens is 2. The molecule has 0 aliphatic carbocycles. The van der Waals surface area contributed by atoms with Crippen molar-refractivity contribution in [2.45, 2.75) is 6.54 Å². The van der Waals surface area contributed by atoms with Crippen LogP contribution in [0.5, 0.6) is 5.75 Å². The van der Waals surface area contributed by atoms with Crippen LogP contribution in [0.4, 0.5) is 8.78 Å². The Kier molecular flexibility index (Phi) is 4.12. The van der Waals surface area contributed by atoms with Gasteiger partial charge in [0, 0.05) is 12.1 Å². The SMILES string of the molecule is CNCc1cc(F)ccc1-c1cc(F)ccc1OC. The Morgan fingerprint density at radius 2 is 1.68 bits per heavy atom. The molecule has 0 unspecified atom stereocenters. The summed E-state index contributed by atoms with van der Waals surface area (Å²) in [5.41, 5.74) is 2.13. The Hall–Kier alpha value is -1.94. The van der Waals surface area contributed by atoms with E-state index < -0.39 is 0 Å². The Morgan fingerprint density at radius 3 is 2.37 bits per heavy atom. The highest BCUT2D eigenvalue weighted by molar-refractivity contribution is 5.73. The third-order valence-electron chi connectivity index (χ3n) is 2.89. The van der Waals surface area contributed by atoms with Gasteiger partial charge in [0.2, 0.25) is 0 Å². The number of ether oxygens (including phenoxy) is 1. The predicted molar refractivity (Wildman–Crippen MR) is 71.1 cm³/mol. The number of rotatable bonds is 4. The first kappa shape index (κ1) is 13.5. The van der Waals surface area contributed by atoms with E-state index in [2.05, 4.69) is 5.32 Å². The Bertz CT molecular complexity index is 584. The van der Waals surface area contributed by atoms with E-state index in [4.69, 9.17) is 4.74 Å². The number of nitrogens with one attached hydrogen (secondary N) is 1. The molecule has 0 saturated carbocycles. The smallest absolute Gasteiger partial charge is 0.126 e. The number of hydrogen-bond donors (Lipinski definition) is 1. The van der Waals surface area contributed by atoms with Crippen molar-refractivity contribution in [2.75, 3.05) is 14.2 Å². The van der Waals surface area contributed by atoms with Gasteiger partial charge in [-0.3, -0.25) is 0 Å². The van der Waals surface area contributed by atoms with E-state index >= 15 is 0 Å². The van der Waals surface area contributed by atoms with Crippen molar-refractivity contribution in [3.05, 3.63) is 53.6 Å². The highest BCUT2D eigenvalue weighted by atomic mass is 19.1. The lowest BCUT2D eigenvalue weighted by Gasteiger charge is -2.13. The van der Waals surface area contributed by atoms with Crippen molar-refractivity contribution < 1.29 is 13.5 Å². The molecule has 0 radical (unpaired) electrons. The summed E-state index contributed by atoms with van der Waals surface area (Å²) in [4.78, 5) is 0. The fourth-order valence-corrected chi connectivity index (χ4v) is 2.05. The van der Waals surface area contributed by atoms with Crippen molar-refractivity contribution in [3.8, 4) is 16.9 Å². The van der Waals surface area contributed by atoms with Gasteiger partial charge in [-0.05, 0) is 48.5 Å². The van der Waals surface area contributed by atoms with Gasteiger partial charge in [0.15, 0.2) is 0 Å². The van der Waals surface area contributed by atoms with Gasteiger partial charge in [-0.1, -0.05) is 6.07 Å². The summed E-state index contributed by atoms with van der Waals surface area (Å²) < 4.78 is 32.0. The molecule has 100 valence electrons. The predicted octanol–water partition coefficient (Wildman–Crippen LogP) is 3.36. The minimum Gasteiger partial charge on any atom is -0.496 e. The molecule has 4 heteroatoms. The molecule has 0 aromatic heterocycles. The van der Waals surface area contributed by atoms with Crippen LogP contribution in [0.25, 0.3) is 11.1 Å². The second kappa shape index (κ2) is 5.80. The second-order valence-corrected chi connectivity index (χ2v) is 4.18. The van der Waals surface area contributed by atoms with Gasteiger partial charge in [-0.25, -0.2) is 8.78 Å². The summed E-state index contributed by atoms with van der Waals surface area (Å²) in [6.45, 7) is 0.493. The van der Waals surface area contributed by atoms with Crippen molar-refractivity contribution in [3.63, 3.8) is 0 Å². The van der Waals surface area contributed by atoms with Crippen molar-refractivity contribution in [1.29, 1.82) is 0 Å². The maximum absolute atomic E-state index is 13.4. The van der Waals surface area contributed by atoms with Gasteiger partial charge >= 0.3 is 0 Å². The number of methoxy groups -OCH3 is 1. The van der Waals surface area contributed by atoms with Crippen molar-refractivity contribution >= 4 is 0 Å². The van der Waals surface area contributed by atoms with Crippen molar-refractivity contribution in [2.24, 2.45) is 0 Å². The number of hydrogen-bond acceptors (Lipinski definition) is 2. The van der Waals surface area contributed by atoms with Gasteiger partial charge < -0.3 is 10.1 Å². The monoisotopic (exact) mass is 263 g/mol. The van der Waals surface area contributed by atoms with Crippen LogP contribution in [0.2, 0.25) is 0 Å².